The maximum atomic E-state index is 11.5. The number of hydrogen-bond acceptors (Lipinski definition) is 8. The molecule has 148 valence electrons. The van der Waals surface area contributed by atoms with Gasteiger partial charge in [0.05, 0.1) is 39.6 Å². The Bertz CT molecular complexity index is 322. The molecular formula is C17H32O8. The summed E-state index contributed by atoms with van der Waals surface area (Å²) in [5.74, 6) is -0.570. The highest BCUT2D eigenvalue weighted by atomic mass is 16.6. The SMILES string of the molecule is CCOCCOCCOC(=O)CCCCC(=O)OCCOCCOC. The van der Waals surface area contributed by atoms with Gasteiger partial charge in [-0.2, -0.15) is 0 Å². The summed E-state index contributed by atoms with van der Waals surface area (Å²) < 4.78 is 30.4. The first kappa shape index (κ1) is 23.8. The van der Waals surface area contributed by atoms with Crippen LogP contribution in [0.4, 0.5) is 0 Å². The topological polar surface area (TPSA) is 89.5 Å². The molecule has 8 heteroatoms. The number of ether oxygens (including phenoxy) is 6. The second-order valence-corrected chi connectivity index (χ2v) is 5.06. The van der Waals surface area contributed by atoms with Crippen LogP contribution in [0.1, 0.15) is 32.6 Å². The van der Waals surface area contributed by atoms with Crippen LogP contribution in [-0.4, -0.2) is 78.5 Å². The zero-order valence-corrected chi connectivity index (χ0v) is 15.5. The monoisotopic (exact) mass is 364 g/mol. The van der Waals surface area contributed by atoms with Gasteiger partial charge in [0.2, 0.25) is 0 Å². The summed E-state index contributed by atoms with van der Waals surface area (Å²) >= 11 is 0. The highest BCUT2D eigenvalue weighted by molar-refractivity contribution is 5.70. The van der Waals surface area contributed by atoms with E-state index in [9.17, 15) is 9.59 Å². The molecule has 0 atom stereocenters. The predicted molar refractivity (Wildman–Crippen MR) is 90.4 cm³/mol. The van der Waals surface area contributed by atoms with Gasteiger partial charge >= 0.3 is 11.9 Å². The lowest BCUT2D eigenvalue weighted by Crippen LogP contribution is -2.13. The first-order valence-electron chi connectivity index (χ1n) is 8.74. The van der Waals surface area contributed by atoms with Crippen LogP contribution in [-0.2, 0) is 38.0 Å². The molecule has 0 rings (SSSR count). The van der Waals surface area contributed by atoms with Crippen LogP contribution in [0, 0.1) is 0 Å². The van der Waals surface area contributed by atoms with Crippen LogP contribution in [0.15, 0.2) is 0 Å². The molecule has 0 fully saturated rings. The van der Waals surface area contributed by atoms with Crippen molar-refractivity contribution in [3.8, 4) is 0 Å². The summed E-state index contributed by atoms with van der Waals surface area (Å²) in [6, 6.07) is 0. The summed E-state index contributed by atoms with van der Waals surface area (Å²) in [6.45, 7) is 5.78. The lowest BCUT2D eigenvalue weighted by atomic mass is 10.2. The van der Waals surface area contributed by atoms with E-state index >= 15 is 0 Å². The minimum absolute atomic E-state index is 0.230. The third-order valence-corrected chi connectivity index (χ3v) is 3.00. The number of unbranched alkanes of at least 4 members (excludes halogenated alkanes) is 1. The van der Waals surface area contributed by atoms with E-state index in [0.29, 0.717) is 59.1 Å². The number of carbonyl (C=O) groups excluding carboxylic acids is 2. The molecule has 8 nitrogen and oxygen atoms in total. The van der Waals surface area contributed by atoms with E-state index in [1.165, 1.54) is 0 Å². The van der Waals surface area contributed by atoms with Crippen molar-refractivity contribution >= 4 is 11.9 Å². The van der Waals surface area contributed by atoms with Crippen molar-refractivity contribution in [2.75, 3.05) is 66.6 Å². The Hall–Kier alpha value is -1.22. The highest BCUT2D eigenvalue weighted by Crippen LogP contribution is 2.03. The van der Waals surface area contributed by atoms with Gasteiger partial charge in [-0.05, 0) is 19.8 Å². The maximum absolute atomic E-state index is 11.5. The van der Waals surface area contributed by atoms with E-state index in [-0.39, 0.29) is 38.0 Å². The molecule has 0 radical (unpaired) electrons. The van der Waals surface area contributed by atoms with Crippen LogP contribution in [0.2, 0.25) is 0 Å². The van der Waals surface area contributed by atoms with E-state index < -0.39 is 0 Å². The van der Waals surface area contributed by atoms with Gasteiger partial charge in [0.1, 0.15) is 13.2 Å². The molecule has 0 aromatic rings. The lowest BCUT2D eigenvalue weighted by molar-refractivity contribution is -0.147. The van der Waals surface area contributed by atoms with E-state index in [2.05, 4.69) is 0 Å². The Labute approximate surface area is 150 Å². The number of rotatable bonds is 18. The Morgan fingerprint density at radius 1 is 0.640 bits per heavy atom. The Morgan fingerprint density at radius 3 is 1.56 bits per heavy atom. The number of methoxy groups -OCH3 is 1. The van der Waals surface area contributed by atoms with Gasteiger partial charge in [-0.3, -0.25) is 9.59 Å². The average molecular weight is 364 g/mol. The molecule has 0 unspecified atom stereocenters. The molecule has 0 spiro atoms. The van der Waals surface area contributed by atoms with Crippen molar-refractivity contribution in [1.29, 1.82) is 0 Å². The third kappa shape index (κ3) is 19.0. The van der Waals surface area contributed by atoms with Crippen molar-refractivity contribution in [1.82, 2.24) is 0 Å². The number of carbonyl (C=O) groups is 2. The second-order valence-electron chi connectivity index (χ2n) is 5.06. The van der Waals surface area contributed by atoms with Gasteiger partial charge in [0, 0.05) is 26.6 Å². The summed E-state index contributed by atoms with van der Waals surface area (Å²) in [5, 5.41) is 0. The molecule has 0 aromatic carbocycles. The fraction of sp³-hybridized carbons (Fsp3) is 0.882. The number of hydrogen-bond donors (Lipinski definition) is 0. The van der Waals surface area contributed by atoms with Crippen LogP contribution in [0.25, 0.3) is 0 Å². The molecule has 25 heavy (non-hydrogen) atoms. The molecule has 0 amide bonds. The molecule has 0 aliphatic rings. The predicted octanol–water partition coefficient (Wildman–Crippen LogP) is 1.35. The molecule has 0 N–H and O–H groups in total. The fourth-order valence-corrected chi connectivity index (χ4v) is 1.72. The average Bonchev–Trinajstić information content (AvgIpc) is 2.61. The number of esters is 2. The zero-order chi connectivity index (χ0) is 18.6. The van der Waals surface area contributed by atoms with Crippen LogP contribution in [0.3, 0.4) is 0 Å². The Kier molecular flexibility index (Phi) is 18.2. The molecule has 0 heterocycles. The largest absolute Gasteiger partial charge is 0.463 e. The van der Waals surface area contributed by atoms with Crippen LogP contribution < -0.4 is 0 Å². The van der Waals surface area contributed by atoms with Crippen LogP contribution >= 0.6 is 0 Å². The van der Waals surface area contributed by atoms with Crippen LogP contribution in [0.5, 0.6) is 0 Å². The smallest absolute Gasteiger partial charge is 0.305 e. The highest BCUT2D eigenvalue weighted by Gasteiger charge is 2.06. The first-order valence-corrected chi connectivity index (χ1v) is 8.74. The van der Waals surface area contributed by atoms with E-state index in [0.717, 1.165) is 0 Å². The summed E-state index contributed by atoms with van der Waals surface area (Å²) in [6.07, 6.45) is 1.74. The van der Waals surface area contributed by atoms with Gasteiger partial charge in [0.25, 0.3) is 0 Å². The normalized spacial score (nSPS) is 10.6. The standard InChI is InChI=1S/C17H32O8/c1-3-21-10-11-23-13-15-25-17(19)7-5-4-6-16(18)24-14-12-22-9-8-20-2/h3-15H2,1-2H3. The maximum Gasteiger partial charge on any atom is 0.305 e. The second kappa shape index (κ2) is 19.1. The van der Waals surface area contributed by atoms with Crippen molar-refractivity contribution in [3.05, 3.63) is 0 Å². The molecule has 0 aliphatic carbocycles. The summed E-state index contributed by atoms with van der Waals surface area (Å²) in [5.41, 5.74) is 0. The van der Waals surface area contributed by atoms with Gasteiger partial charge in [0.15, 0.2) is 0 Å². The van der Waals surface area contributed by atoms with E-state index in [4.69, 9.17) is 28.4 Å². The van der Waals surface area contributed by atoms with E-state index in [1.54, 1.807) is 7.11 Å². The zero-order valence-electron chi connectivity index (χ0n) is 15.5. The quantitative estimate of drug-likeness (QED) is 0.266. The van der Waals surface area contributed by atoms with Crippen molar-refractivity contribution in [3.63, 3.8) is 0 Å². The van der Waals surface area contributed by atoms with Crippen molar-refractivity contribution < 1.29 is 38.0 Å². The third-order valence-electron chi connectivity index (χ3n) is 3.00. The van der Waals surface area contributed by atoms with Gasteiger partial charge in [-0.1, -0.05) is 0 Å². The Morgan fingerprint density at radius 2 is 1.08 bits per heavy atom. The van der Waals surface area contributed by atoms with Crippen molar-refractivity contribution in [2.24, 2.45) is 0 Å². The molecular weight excluding hydrogens is 332 g/mol. The molecule has 0 aromatic heterocycles. The molecule has 0 saturated heterocycles. The summed E-state index contributed by atoms with van der Waals surface area (Å²) in [4.78, 5) is 22.9. The lowest BCUT2D eigenvalue weighted by Gasteiger charge is -2.07. The minimum atomic E-state index is -0.286. The molecule has 0 aliphatic heterocycles. The minimum Gasteiger partial charge on any atom is -0.463 e. The van der Waals surface area contributed by atoms with Gasteiger partial charge in [-0.25, -0.2) is 0 Å². The Balaban J connectivity index is 3.31. The molecule has 0 bridgehead atoms. The summed E-state index contributed by atoms with van der Waals surface area (Å²) in [7, 11) is 1.59. The molecule has 0 saturated carbocycles. The fourth-order valence-electron chi connectivity index (χ4n) is 1.72. The van der Waals surface area contributed by atoms with Gasteiger partial charge in [-0.15, -0.1) is 0 Å². The van der Waals surface area contributed by atoms with Crippen molar-refractivity contribution in [2.45, 2.75) is 32.6 Å². The van der Waals surface area contributed by atoms with E-state index in [1.807, 2.05) is 6.92 Å². The van der Waals surface area contributed by atoms with Gasteiger partial charge < -0.3 is 28.4 Å². The first-order chi connectivity index (χ1) is 12.2.